The number of hydrazine groups is 1. The number of anilines is 2. The third-order valence-electron chi connectivity index (χ3n) is 2.24. The number of hydrogen-bond donors (Lipinski definition) is 2. The zero-order valence-electron chi connectivity index (χ0n) is 6.46. The maximum atomic E-state index is 3.12. The smallest absolute Gasteiger partial charge is 0.0639 e. The van der Waals surface area contributed by atoms with E-state index in [0.717, 1.165) is 0 Å². The van der Waals surface area contributed by atoms with Crippen LogP contribution >= 0.6 is 0 Å². The van der Waals surface area contributed by atoms with Crippen LogP contribution in [-0.2, 0) is 0 Å². The van der Waals surface area contributed by atoms with Crippen LogP contribution in [0.4, 0.5) is 11.4 Å². The van der Waals surface area contributed by atoms with Crippen molar-refractivity contribution in [3.63, 3.8) is 0 Å². The van der Waals surface area contributed by atoms with Gasteiger partial charge in [0.25, 0.3) is 0 Å². The van der Waals surface area contributed by atoms with Crippen LogP contribution in [0, 0.1) is 0 Å². The Labute approximate surface area is 70.2 Å². The van der Waals surface area contributed by atoms with Gasteiger partial charge in [0.1, 0.15) is 0 Å². The molecule has 0 unspecified atom stereocenters. The van der Waals surface area contributed by atoms with Gasteiger partial charge in [-0.25, -0.2) is 0 Å². The lowest BCUT2D eigenvalue weighted by Crippen LogP contribution is -2.00. The Morgan fingerprint density at radius 1 is 0.750 bits per heavy atom. The summed E-state index contributed by atoms with van der Waals surface area (Å²) in [4.78, 5) is 0. The van der Waals surface area contributed by atoms with Gasteiger partial charge in [0.2, 0.25) is 0 Å². The minimum Gasteiger partial charge on any atom is -0.300 e. The van der Waals surface area contributed by atoms with Crippen LogP contribution in [0.25, 0.3) is 10.8 Å². The maximum absolute atomic E-state index is 3.12. The van der Waals surface area contributed by atoms with E-state index >= 15 is 0 Å². The Morgan fingerprint density at radius 2 is 1.33 bits per heavy atom. The molecule has 1 aliphatic heterocycles. The predicted molar refractivity (Wildman–Crippen MR) is 51.2 cm³/mol. The van der Waals surface area contributed by atoms with E-state index in [-0.39, 0.29) is 0 Å². The van der Waals surface area contributed by atoms with Gasteiger partial charge < -0.3 is 10.9 Å². The molecule has 0 spiro atoms. The minimum absolute atomic E-state index is 1.17. The molecule has 0 amide bonds. The number of hydrogen-bond acceptors (Lipinski definition) is 2. The highest BCUT2D eigenvalue weighted by Gasteiger charge is 2.10. The highest BCUT2D eigenvalue weighted by molar-refractivity contribution is 6.06. The van der Waals surface area contributed by atoms with Crippen LogP contribution in [0.3, 0.4) is 0 Å². The Kier molecular flexibility index (Phi) is 0.939. The summed E-state index contributed by atoms with van der Waals surface area (Å²) in [6.45, 7) is 0. The van der Waals surface area contributed by atoms with Crippen LogP contribution in [0.5, 0.6) is 0 Å². The zero-order valence-corrected chi connectivity index (χ0v) is 6.46. The molecule has 2 aromatic carbocycles. The highest BCUT2D eigenvalue weighted by atomic mass is 15.4. The first-order valence-electron chi connectivity index (χ1n) is 3.99. The largest absolute Gasteiger partial charge is 0.300 e. The molecule has 2 heteroatoms. The molecular weight excluding hydrogens is 148 g/mol. The van der Waals surface area contributed by atoms with Crippen molar-refractivity contribution < 1.29 is 0 Å². The van der Waals surface area contributed by atoms with E-state index < -0.39 is 0 Å². The Hall–Kier alpha value is -1.70. The van der Waals surface area contributed by atoms with Gasteiger partial charge in [0, 0.05) is 5.39 Å². The fourth-order valence-electron chi connectivity index (χ4n) is 1.68. The average molecular weight is 156 g/mol. The quantitative estimate of drug-likeness (QED) is 0.612. The number of rotatable bonds is 0. The van der Waals surface area contributed by atoms with Gasteiger partial charge in [-0.15, -0.1) is 0 Å². The SMILES string of the molecule is c1cc2c3c(cccc3c1)NN2. The number of benzene rings is 2. The maximum Gasteiger partial charge on any atom is 0.0639 e. The Bertz CT molecular complexity index is 410. The molecule has 0 bridgehead atoms. The summed E-state index contributed by atoms with van der Waals surface area (Å²) in [6.07, 6.45) is 0. The van der Waals surface area contributed by atoms with Crippen molar-refractivity contribution in [1.82, 2.24) is 0 Å². The van der Waals surface area contributed by atoms with Crippen LogP contribution in [0.2, 0.25) is 0 Å². The second-order valence-electron chi connectivity index (χ2n) is 2.96. The molecule has 0 saturated heterocycles. The van der Waals surface area contributed by atoms with Gasteiger partial charge in [-0.05, 0) is 17.5 Å². The molecule has 0 aliphatic carbocycles. The van der Waals surface area contributed by atoms with E-state index in [4.69, 9.17) is 0 Å². The third kappa shape index (κ3) is 0.593. The summed E-state index contributed by atoms with van der Waals surface area (Å²) in [5.41, 5.74) is 8.59. The molecule has 0 atom stereocenters. The van der Waals surface area contributed by atoms with Gasteiger partial charge in [0.15, 0.2) is 0 Å². The van der Waals surface area contributed by atoms with E-state index in [1.807, 2.05) is 0 Å². The fraction of sp³-hybridized carbons (Fsp3) is 0. The summed E-state index contributed by atoms with van der Waals surface area (Å²) in [5.74, 6) is 0. The summed E-state index contributed by atoms with van der Waals surface area (Å²) >= 11 is 0. The molecule has 2 aromatic rings. The third-order valence-corrected chi connectivity index (χ3v) is 2.24. The monoisotopic (exact) mass is 156 g/mol. The van der Waals surface area contributed by atoms with Gasteiger partial charge >= 0.3 is 0 Å². The normalized spacial score (nSPS) is 12.7. The molecule has 0 saturated carbocycles. The van der Waals surface area contributed by atoms with Crippen molar-refractivity contribution in [2.24, 2.45) is 0 Å². The molecule has 0 radical (unpaired) electrons. The molecule has 3 rings (SSSR count). The number of nitrogens with one attached hydrogen (secondary N) is 2. The molecule has 0 aromatic heterocycles. The van der Waals surface area contributed by atoms with E-state index in [2.05, 4.69) is 47.2 Å². The van der Waals surface area contributed by atoms with Crippen LogP contribution in [0.1, 0.15) is 0 Å². The van der Waals surface area contributed by atoms with Gasteiger partial charge in [0.05, 0.1) is 11.4 Å². The molecule has 0 fully saturated rings. The van der Waals surface area contributed by atoms with Gasteiger partial charge in [-0.2, -0.15) is 0 Å². The molecule has 12 heavy (non-hydrogen) atoms. The summed E-state index contributed by atoms with van der Waals surface area (Å²) in [6, 6.07) is 12.5. The lowest BCUT2D eigenvalue weighted by molar-refractivity contribution is 1.52. The van der Waals surface area contributed by atoms with Crippen molar-refractivity contribution in [2.75, 3.05) is 10.9 Å². The summed E-state index contributed by atoms with van der Waals surface area (Å²) in [5, 5.41) is 2.57. The first-order valence-corrected chi connectivity index (χ1v) is 3.99. The lowest BCUT2D eigenvalue weighted by atomic mass is 10.1. The minimum atomic E-state index is 1.17. The van der Waals surface area contributed by atoms with Crippen molar-refractivity contribution in [3.8, 4) is 0 Å². The van der Waals surface area contributed by atoms with Crippen molar-refractivity contribution in [1.29, 1.82) is 0 Å². The molecule has 2 N–H and O–H groups in total. The van der Waals surface area contributed by atoms with E-state index in [1.165, 1.54) is 22.1 Å². The standard InChI is InChI=1S/C10H8N2/c1-3-7-4-2-6-9-10(7)8(5-1)11-12-9/h1-6,11-12H. The molecule has 1 heterocycles. The van der Waals surface area contributed by atoms with Gasteiger partial charge in [-0.1, -0.05) is 24.3 Å². The average Bonchev–Trinajstić information content (AvgIpc) is 2.52. The zero-order chi connectivity index (χ0) is 7.97. The van der Waals surface area contributed by atoms with Crippen LogP contribution < -0.4 is 10.9 Å². The Morgan fingerprint density at radius 3 is 1.92 bits per heavy atom. The van der Waals surface area contributed by atoms with Crippen molar-refractivity contribution in [3.05, 3.63) is 36.4 Å². The highest BCUT2D eigenvalue weighted by Crippen LogP contribution is 2.34. The molecule has 2 nitrogen and oxygen atoms in total. The molecular formula is C10H8N2. The Balaban J connectivity index is 2.58. The second-order valence-corrected chi connectivity index (χ2v) is 2.96. The van der Waals surface area contributed by atoms with Crippen LogP contribution in [0.15, 0.2) is 36.4 Å². The van der Waals surface area contributed by atoms with Crippen molar-refractivity contribution >= 4 is 22.1 Å². The second kappa shape index (κ2) is 1.91. The van der Waals surface area contributed by atoms with Crippen LogP contribution in [-0.4, -0.2) is 0 Å². The predicted octanol–water partition coefficient (Wildman–Crippen LogP) is 2.59. The fourth-order valence-corrected chi connectivity index (χ4v) is 1.68. The summed E-state index contributed by atoms with van der Waals surface area (Å²) < 4.78 is 0. The topological polar surface area (TPSA) is 24.1 Å². The first-order chi connectivity index (χ1) is 5.95. The van der Waals surface area contributed by atoms with Gasteiger partial charge in [-0.3, -0.25) is 0 Å². The van der Waals surface area contributed by atoms with E-state index in [1.54, 1.807) is 0 Å². The van der Waals surface area contributed by atoms with Crippen molar-refractivity contribution in [2.45, 2.75) is 0 Å². The summed E-state index contributed by atoms with van der Waals surface area (Å²) in [7, 11) is 0. The molecule has 58 valence electrons. The van der Waals surface area contributed by atoms with E-state index in [9.17, 15) is 0 Å². The van der Waals surface area contributed by atoms with E-state index in [0.29, 0.717) is 0 Å². The molecule has 1 aliphatic rings. The lowest BCUT2D eigenvalue weighted by Gasteiger charge is -1.96. The first kappa shape index (κ1) is 5.89.